The van der Waals surface area contributed by atoms with Crippen LogP contribution in [-0.4, -0.2) is 61.1 Å². The third-order valence-electron chi connectivity index (χ3n) is 6.39. The van der Waals surface area contributed by atoms with Gasteiger partial charge in [0.2, 0.25) is 5.91 Å². The number of aromatic nitrogens is 6. The third kappa shape index (κ3) is 6.95. The Morgan fingerprint density at radius 2 is 2.02 bits per heavy atom. The lowest BCUT2D eigenvalue weighted by atomic mass is 10.0. The molecule has 0 fully saturated rings. The van der Waals surface area contributed by atoms with Crippen molar-refractivity contribution >= 4 is 52.6 Å². The molecule has 0 aliphatic carbocycles. The number of amides is 3. The number of rotatable bonds is 5. The van der Waals surface area contributed by atoms with Crippen LogP contribution >= 0.6 is 11.6 Å². The summed E-state index contributed by atoms with van der Waals surface area (Å²) in [5.74, 6) is -5.41. The van der Waals surface area contributed by atoms with Gasteiger partial charge < -0.3 is 20.4 Å². The van der Waals surface area contributed by atoms with Crippen LogP contribution in [0.25, 0.3) is 23.0 Å². The lowest BCUT2D eigenvalue weighted by Gasteiger charge is -2.20. The van der Waals surface area contributed by atoms with Crippen LogP contribution in [0, 0.1) is 0 Å². The number of carbonyl (C=O) groups is 3. The van der Waals surface area contributed by atoms with Gasteiger partial charge in [-0.25, -0.2) is 9.78 Å². The van der Waals surface area contributed by atoms with Crippen molar-refractivity contribution in [2.75, 3.05) is 23.1 Å². The number of benzene rings is 2. The lowest BCUT2D eigenvalue weighted by Crippen LogP contribution is -2.34. The number of nitrogens with one attached hydrogen (secondary N) is 4. The first kappa shape index (κ1) is 30.0. The van der Waals surface area contributed by atoms with Crippen LogP contribution in [0.2, 0.25) is 5.02 Å². The normalized spacial score (nSPS) is 14.5. The number of carbonyl (C=O) groups excluding carboxylic acids is 3. The number of hydrogen-bond acceptors (Lipinski definition) is 8. The van der Waals surface area contributed by atoms with E-state index in [0.717, 1.165) is 7.11 Å². The smallest absolute Gasteiger partial charge is 0.411 e. The molecule has 44 heavy (non-hydrogen) atoms. The van der Waals surface area contributed by atoms with E-state index in [9.17, 15) is 23.2 Å². The molecular formula is C28H24ClF2N9O4. The number of allylic oxidation sites excluding steroid dienone is 2. The molecule has 0 atom stereocenters. The number of H-pyrrole nitrogens is 1. The average Bonchev–Trinajstić information content (AvgIpc) is 3.68. The SMILES string of the molecule is COC(=O)Nc1cc(NC(=O)C=Cc2cc(Cl)ccc2-n2cnnn2)c2c(c1)NC(=O)C(F)(F)CC=CCCc1ncc-2[nH]1. The molecule has 3 amide bonds. The van der Waals surface area contributed by atoms with Gasteiger partial charge in [0.15, 0.2) is 0 Å². The number of aryl methyl sites for hydroxylation is 1. The van der Waals surface area contributed by atoms with Crippen molar-refractivity contribution in [3.63, 3.8) is 0 Å². The fraction of sp³-hybridized carbons (Fsp3) is 0.179. The molecule has 0 saturated carbocycles. The number of ether oxygens (including phenoxy) is 1. The van der Waals surface area contributed by atoms with E-state index in [4.69, 9.17) is 11.6 Å². The number of methoxy groups -OCH3 is 1. The highest BCUT2D eigenvalue weighted by molar-refractivity contribution is 6.30. The van der Waals surface area contributed by atoms with Crippen LogP contribution in [0.1, 0.15) is 24.2 Å². The molecule has 2 bridgehead atoms. The Balaban J connectivity index is 1.57. The lowest BCUT2D eigenvalue weighted by molar-refractivity contribution is -0.139. The van der Waals surface area contributed by atoms with Crippen LogP contribution in [-0.2, 0) is 20.7 Å². The van der Waals surface area contributed by atoms with E-state index in [1.54, 1.807) is 24.3 Å². The standard InChI is InChI=1S/C28H24ClF2N9O4/c1-44-27(43)34-18-12-19(36-24(41)9-6-16-11-17(29)7-8-22(16)40-15-33-38-39-40)25-20(13-18)37-26(42)28(30,31)10-4-2-3-5-23-32-14-21(25)35-23/h2,4,6-9,11-15H,3,5,10H2,1H3,(H,32,35)(H,34,43)(H,36,41)(H,37,42). The summed E-state index contributed by atoms with van der Waals surface area (Å²) < 4.78 is 35.6. The maximum atomic E-state index is 14.8. The molecule has 1 aliphatic heterocycles. The number of alkyl halides is 2. The molecule has 0 unspecified atom stereocenters. The van der Waals surface area contributed by atoms with Crippen LogP contribution in [0.5, 0.6) is 0 Å². The quantitative estimate of drug-likeness (QED) is 0.178. The van der Waals surface area contributed by atoms with Crippen molar-refractivity contribution in [2.24, 2.45) is 0 Å². The molecule has 4 N–H and O–H groups in total. The Morgan fingerprint density at radius 3 is 2.80 bits per heavy atom. The molecule has 5 rings (SSSR count). The Labute approximate surface area is 253 Å². The number of hydrogen-bond donors (Lipinski definition) is 4. The van der Waals surface area contributed by atoms with Crippen LogP contribution in [0.3, 0.4) is 0 Å². The van der Waals surface area contributed by atoms with Crippen molar-refractivity contribution < 1.29 is 27.9 Å². The van der Waals surface area contributed by atoms with Gasteiger partial charge in [-0.15, -0.1) is 5.10 Å². The molecule has 13 nitrogen and oxygen atoms in total. The van der Waals surface area contributed by atoms with Gasteiger partial charge in [0.1, 0.15) is 12.2 Å². The summed E-state index contributed by atoms with van der Waals surface area (Å²) in [5.41, 5.74) is 1.48. The van der Waals surface area contributed by atoms with E-state index >= 15 is 0 Å². The zero-order valence-corrected chi connectivity index (χ0v) is 23.7. The van der Waals surface area contributed by atoms with Crippen molar-refractivity contribution in [3.05, 3.63) is 77.5 Å². The fourth-order valence-corrected chi connectivity index (χ4v) is 4.52. The van der Waals surface area contributed by atoms with Gasteiger partial charge in [-0.1, -0.05) is 23.8 Å². The molecular weight excluding hydrogens is 600 g/mol. The van der Waals surface area contributed by atoms with Gasteiger partial charge in [0.05, 0.1) is 36.1 Å². The van der Waals surface area contributed by atoms with Crippen molar-refractivity contribution in [1.82, 2.24) is 30.2 Å². The third-order valence-corrected chi connectivity index (χ3v) is 6.63. The second kappa shape index (κ2) is 12.8. The van der Waals surface area contributed by atoms with E-state index in [2.05, 4.69) is 46.2 Å². The summed E-state index contributed by atoms with van der Waals surface area (Å²) >= 11 is 6.17. The van der Waals surface area contributed by atoms with E-state index in [1.165, 1.54) is 47.6 Å². The minimum Gasteiger partial charge on any atom is -0.453 e. The Bertz CT molecular complexity index is 1770. The molecule has 0 spiro atoms. The first-order chi connectivity index (χ1) is 21.1. The number of tetrazole rings is 1. The average molecular weight is 624 g/mol. The summed E-state index contributed by atoms with van der Waals surface area (Å²) in [7, 11) is 1.14. The first-order valence-corrected chi connectivity index (χ1v) is 13.4. The second-order valence-corrected chi connectivity index (χ2v) is 9.90. The van der Waals surface area contributed by atoms with Crippen LogP contribution in [0.4, 0.5) is 30.6 Å². The summed E-state index contributed by atoms with van der Waals surface area (Å²) in [4.78, 5) is 45.5. The van der Waals surface area contributed by atoms with E-state index < -0.39 is 30.3 Å². The van der Waals surface area contributed by atoms with Crippen LogP contribution in [0.15, 0.2) is 61.1 Å². The highest BCUT2D eigenvalue weighted by atomic mass is 35.5. The topological polar surface area (TPSA) is 169 Å². The number of fused-ring (bicyclic) bond motifs is 4. The Kier molecular flexibility index (Phi) is 8.76. The summed E-state index contributed by atoms with van der Waals surface area (Å²) in [6.07, 6.45) is 7.44. The number of aromatic amines is 1. The zero-order valence-electron chi connectivity index (χ0n) is 23.0. The number of anilines is 3. The molecule has 2 aromatic carbocycles. The van der Waals surface area contributed by atoms with Crippen LogP contribution < -0.4 is 16.0 Å². The van der Waals surface area contributed by atoms with E-state index in [-0.39, 0.29) is 22.6 Å². The van der Waals surface area contributed by atoms with Gasteiger partial charge in [-0.05, 0) is 53.3 Å². The molecule has 1 aliphatic rings. The second-order valence-electron chi connectivity index (χ2n) is 9.46. The van der Waals surface area contributed by atoms with Crippen molar-refractivity contribution in [2.45, 2.75) is 25.2 Å². The Morgan fingerprint density at radius 1 is 1.18 bits per heavy atom. The predicted molar refractivity (Wildman–Crippen MR) is 158 cm³/mol. The monoisotopic (exact) mass is 623 g/mol. The number of halogens is 3. The molecule has 0 saturated heterocycles. The fourth-order valence-electron chi connectivity index (χ4n) is 4.34. The first-order valence-electron chi connectivity index (χ1n) is 13.1. The van der Waals surface area contributed by atoms with Gasteiger partial charge in [0, 0.05) is 40.8 Å². The van der Waals surface area contributed by atoms with Gasteiger partial charge >= 0.3 is 12.0 Å². The highest BCUT2D eigenvalue weighted by Gasteiger charge is 2.38. The van der Waals surface area contributed by atoms with E-state index in [0.29, 0.717) is 40.6 Å². The molecule has 3 heterocycles. The summed E-state index contributed by atoms with van der Waals surface area (Å²) in [6.45, 7) is 0. The molecule has 0 radical (unpaired) electrons. The largest absolute Gasteiger partial charge is 0.453 e. The maximum absolute atomic E-state index is 14.8. The van der Waals surface area contributed by atoms with Gasteiger partial charge in [0.25, 0.3) is 5.91 Å². The minimum atomic E-state index is -3.74. The molecule has 226 valence electrons. The zero-order chi connectivity index (χ0) is 31.3. The predicted octanol–water partition coefficient (Wildman–Crippen LogP) is 5.00. The summed E-state index contributed by atoms with van der Waals surface area (Å²) in [5, 5.41) is 18.9. The maximum Gasteiger partial charge on any atom is 0.411 e. The molecule has 2 aromatic heterocycles. The molecule has 4 aromatic rings. The van der Waals surface area contributed by atoms with Gasteiger partial charge in [-0.2, -0.15) is 13.5 Å². The highest BCUT2D eigenvalue weighted by Crippen LogP contribution is 2.39. The Hall–Kier alpha value is -5.44. The number of imidazole rings is 1. The van der Waals surface area contributed by atoms with Gasteiger partial charge in [-0.3, -0.25) is 14.9 Å². The van der Waals surface area contributed by atoms with Crippen molar-refractivity contribution in [1.29, 1.82) is 0 Å². The minimum absolute atomic E-state index is 0.0401. The molecule has 16 heteroatoms. The summed E-state index contributed by atoms with van der Waals surface area (Å²) in [6, 6.07) is 7.57. The number of nitrogens with zero attached hydrogens (tertiary/aromatic N) is 5. The van der Waals surface area contributed by atoms with E-state index in [1.807, 2.05) is 0 Å². The van der Waals surface area contributed by atoms with Crippen molar-refractivity contribution in [3.8, 4) is 16.9 Å².